The van der Waals surface area contributed by atoms with E-state index in [4.69, 9.17) is 5.26 Å². The van der Waals surface area contributed by atoms with Crippen molar-refractivity contribution in [3.05, 3.63) is 46.4 Å². The molecular formula is C12H8BrN. The Morgan fingerprint density at radius 3 is 2.57 bits per heavy atom. The van der Waals surface area contributed by atoms with Crippen LogP contribution in [0.4, 0.5) is 0 Å². The Labute approximate surface area is 91.1 Å². The van der Waals surface area contributed by atoms with Crippen molar-refractivity contribution in [3.63, 3.8) is 0 Å². The lowest BCUT2D eigenvalue weighted by molar-refractivity contribution is 1.29. The standard InChI is InChI=1S/C12H8BrN/c13-11-6-2-5-9-3-1-4-10(7-8-14)12(9)11/h1-6H,7H2. The summed E-state index contributed by atoms with van der Waals surface area (Å²) in [4.78, 5) is 0. The smallest absolute Gasteiger partial charge is 0.0669 e. The van der Waals surface area contributed by atoms with E-state index in [0.717, 1.165) is 15.4 Å². The second-order valence-corrected chi connectivity index (χ2v) is 3.94. The van der Waals surface area contributed by atoms with Crippen molar-refractivity contribution in [2.24, 2.45) is 0 Å². The molecule has 0 radical (unpaired) electrons. The lowest BCUT2D eigenvalue weighted by Gasteiger charge is -2.04. The largest absolute Gasteiger partial charge is 0.198 e. The van der Waals surface area contributed by atoms with E-state index in [9.17, 15) is 0 Å². The molecule has 0 heterocycles. The Kier molecular flexibility index (Phi) is 2.51. The first-order valence-electron chi connectivity index (χ1n) is 4.36. The van der Waals surface area contributed by atoms with Gasteiger partial charge in [-0.15, -0.1) is 0 Å². The van der Waals surface area contributed by atoms with Gasteiger partial charge in [-0.2, -0.15) is 5.26 Å². The van der Waals surface area contributed by atoms with E-state index in [-0.39, 0.29) is 0 Å². The maximum Gasteiger partial charge on any atom is 0.0669 e. The lowest BCUT2D eigenvalue weighted by atomic mass is 10.0. The fraction of sp³-hybridized carbons (Fsp3) is 0.0833. The molecule has 2 heteroatoms. The van der Waals surface area contributed by atoms with Crippen LogP contribution in [0.25, 0.3) is 10.8 Å². The van der Waals surface area contributed by atoms with Crippen molar-refractivity contribution < 1.29 is 0 Å². The van der Waals surface area contributed by atoms with Gasteiger partial charge >= 0.3 is 0 Å². The first kappa shape index (κ1) is 9.23. The summed E-state index contributed by atoms with van der Waals surface area (Å²) < 4.78 is 1.06. The van der Waals surface area contributed by atoms with Gasteiger partial charge in [0, 0.05) is 9.86 Å². The summed E-state index contributed by atoms with van der Waals surface area (Å²) in [7, 11) is 0. The maximum atomic E-state index is 8.70. The van der Waals surface area contributed by atoms with Gasteiger partial charge in [-0.05, 0) is 17.0 Å². The van der Waals surface area contributed by atoms with Crippen LogP contribution in [0.5, 0.6) is 0 Å². The van der Waals surface area contributed by atoms with Gasteiger partial charge in [0.1, 0.15) is 0 Å². The molecule has 0 fully saturated rings. The average molecular weight is 246 g/mol. The molecule has 0 amide bonds. The Hall–Kier alpha value is -1.33. The van der Waals surface area contributed by atoms with E-state index in [1.807, 2.05) is 24.3 Å². The number of hydrogen-bond acceptors (Lipinski definition) is 1. The molecule has 0 saturated heterocycles. The van der Waals surface area contributed by atoms with Crippen LogP contribution in [0.3, 0.4) is 0 Å². The van der Waals surface area contributed by atoms with Gasteiger partial charge in [0.2, 0.25) is 0 Å². The van der Waals surface area contributed by atoms with E-state index in [1.165, 1.54) is 5.39 Å². The van der Waals surface area contributed by atoms with E-state index < -0.39 is 0 Å². The predicted octanol–water partition coefficient (Wildman–Crippen LogP) is 3.67. The SMILES string of the molecule is N#CCc1cccc2cccc(Br)c12. The summed E-state index contributed by atoms with van der Waals surface area (Å²) in [5.74, 6) is 0. The molecule has 0 spiro atoms. The number of rotatable bonds is 1. The molecule has 2 aromatic carbocycles. The van der Waals surface area contributed by atoms with Crippen molar-refractivity contribution in [2.75, 3.05) is 0 Å². The number of benzene rings is 2. The molecule has 0 aliphatic heterocycles. The first-order valence-corrected chi connectivity index (χ1v) is 5.15. The second kappa shape index (κ2) is 3.81. The van der Waals surface area contributed by atoms with Gasteiger partial charge < -0.3 is 0 Å². The zero-order valence-corrected chi connectivity index (χ0v) is 9.08. The Balaban J connectivity index is 2.79. The monoisotopic (exact) mass is 245 g/mol. The zero-order valence-electron chi connectivity index (χ0n) is 7.50. The molecule has 0 N–H and O–H groups in total. The van der Waals surface area contributed by atoms with E-state index in [0.29, 0.717) is 6.42 Å². The quantitative estimate of drug-likeness (QED) is 0.753. The molecular weight excluding hydrogens is 238 g/mol. The zero-order chi connectivity index (χ0) is 9.97. The Morgan fingerprint density at radius 1 is 1.14 bits per heavy atom. The van der Waals surface area contributed by atoms with Crippen molar-refractivity contribution in [1.82, 2.24) is 0 Å². The van der Waals surface area contributed by atoms with Crippen LogP contribution in [0.1, 0.15) is 5.56 Å². The van der Waals surface area contributed by atoms with Crippen LogP contribution in [-0.2, 0) is 6.42 Å². The third kappa shape index (κ3) is 1.51. The highest BCUT2D eigenvalue weighted by atomic mass is 79.9. The summed E-state index contributed by atoms with van der Waals surface area (Å²) in [6.07, 6.45) is 0.458. The second-order valence-electron chi connectivity index (χ2n) is 3.09. The van der Waals surface area contributed by atoms with E-state index in [2.05, 4.69) is 34.1 Å². The normalized spacial score (nSPS) is 10.0. The van der Waals surface area contributed by atoms with E-state index in [1.54, 1.807) is 0 Å². The third-order valence-corrected chi connectivity index (χ3v) is 2.87. The Bertz CT molecular complexity index is 506. The molecule has 0 aliphatic rings. The fourth-order valence-corrected chi connectivity index (χ4v) is 2.24. The molecule has 0 saturated carbocycles. The highest BCUT2D eigenvalue weighted by molar-refractivity contribution is 9.10. The molecule has 0 unspecified atom stereocenters. The maximum absolute atomic E-state index is 8.70. The molecule has 2 rings (SSSR count). The van der Waals surface area contributed by atoms with Gasteiger partial charge in [-0.1, -0.05) is 46.3 Å². The predicted molar refractivity (Wildman–Crippen MR) is 61.0 cm³/mol. The number of nitriles is 1. The summed E-state index contributed by atoms with van der Waals surface area (Å²) in [6.45, 7) is 0. The third-order valence-electron chi connectivity index (χ3n) is 2.21. The van der Waals surface area contributed by atoms with Crippen LogP contribution in [0, 0.1) is 11.3 Å². The van der Waals surface area contributed by atoms with Gasteiger partial charge in [-0.25, -0.2) is 0 Å². The fourth-order valence-electron chi connectivity index (χ4n) is 1.60. The lowest BCUT2D eigenvalue weighted by Crippen LogP contribution is -1.85. The van der Waals surface area contributed by atoms with Gasteiger partial charge in [0.25, 0.3) is 0 Å². The van der Waals surface area contributed by atoms with Crippen molar-refractivity contribution in [3.8, 4) is 6.07 Å². The molecule has 0 aromatic heterocycles. The molecule has 0 aliphatic carbocycles. The summed E-state index contributed by atoms with van der Waals surface area (Å²) in [5.41, 5.74) is 1.08. The highest BCUT2D eigenvalue weighted by Gasteiger charge is 2.03. The van der Waals surface area contributed by atoms with Gasteiger partial charge in [0.05, 0.1) is 12.5 Å². The summed E-state index contributed by atoms with van der Waals surface area (Å²) in [5, 5.41) is 11.0. The minimum absolute atomic E-state index is 0.458. The summed E-state index contributed by atoms with van der Waals surface area (Å²) >= 11 is 3.51. The van der Waals surface area contributed by atoms with Crippen LogP contribution in [-0.4, -0.2) is 0 Å². The van der Waals surface area contributed by atoms with Crippen LogP contribution in [0.15, 0.2) is 40.9 Å². The molecule has 68 valence electrons. The average Bonchev–Trinajstić information content (AvgIpc) is 2.19. The van der Waals surface area contributed by atoms with Crippen LogP contribution in [0.2, 0.25) is 0 Å². The number of hydrogen-bond donors (Lipinski definition) is 0. The molecule has 1 nitrogen and oxygen atoms in total. The highest BCUT2D eigenvalue weighted by Crippen LogP contribution is 2.27. The van der Waals surface area contributed by atoms with Crippen LogP contribution < -0.4 is 0 Å². The summed E-state index contributed by atoms with van der Waals surface area (Å²) in [6, 6.07) is 14.3. The topological polar surface area (TPSA) is 23.8 Å². The molecule has 2 aromatic rings. The molecule has 14 heavy (non-hydrogen) atoms. The van der Waals surface area contributed by atoms with E-state index >= 15 is 0 Å². The van der Waals surface area contributed by atoms with Gasteiger partial charge in [0.15, 0.2) is 0 Å². The van der Waals surface area contributed by atoms with Crippen molar-refractivity contribution in [2.45, 2.75) is 6.42 Å². The van der Waals surface area contributed by atoms with Crippen LogP contribution >= 0.6 is 15.9 Å². The van der Waals surface area contributed by atoms with Gasteiger partial charge in [-0.3, -0.25) is 0 Å². The Morgan fingerprint density at radius 2 is 1.86 bits per heavy atom. The minimum atomic E-state index is 0.458. The first-order chi connectivity index (χ1) is 6.83. The molecule has 0 bridgehead atoms. The minimum Gasteiger partial charge on any atom is -0.198 e. The van der Waals surface area contributed by atoms with Crippen molar-refractivity contribution >= 4 is 26.7 Å². The number of nitrogens with zero attached hydrogens (tertiary/aromatic N) is 1. The van der Waals surface area contributed by atoms with Crippen molar-refractivity contribution in [1.29, 1.82) is 5.26 Å². The number of halogens is 1. The molecule has 0 atom stereocenters. The number of fused-ring (bicyclic) bond motifs is 1.